The van der Waals surface area contributed by atoms with E-state index in [2.05, 4.69) is 48.3 Å². The molecule has 0 spiro atoms. The van der Waals surface area contributed by atoms with E-state index in [0.717, 1.165) is 32.1 Å². The van der Waals surface area contributed by atoms with Crippen LogP contribution in [0.2, 0.25) is 0 Å². The Hall–Kier alpha value is -1.81. The van der Waals surface area contributed by atoms with Crippen LogP contribution in [0.1, 0.15) is 36.8 Å². The summed E-state index contributed by atoms with van der Waals surface area (Å²) < 4.78 is 2.15. The standard InChI is InChI=1S/C19H26N2O2/c1-13-3-8-17-15(12-21(2)18(17)11-13)9-10-20-19(23)14-4-6-16(22)7-5-14/h3,8,11-12,14,16,22H,4-7,9-10H2,1-2H3,(H,20,23). The molecule has 4 heteroatoms. The van der Waals surface area contributed by atoms with Crippen LogP contribution >= 0.6 is 0 Å². The summed E-state index contributed by atoms with van der Waals surface area (Å²) in [7, 11) is 2.07. The molecule has 3 rings (SSSR count). The summed E-state index contributed by atoms with van der Waals surface area (Å²) in [6, 6.07) is 6.51. The molecule has 2 N–H and O–H groups in total. The van der Waals surface area contributed by atoms with Crippen LogP contribution in [-0.4, -0.2) is 28.2 Å². The monoisotopic (exact) mass is 314 g/mol. The van der Waals surface area contributed by atoms with Crippen molar-refractivity contribution in [2.45, 2.75) is 45.1 Å². The first-order valence-corrected chi connectivity index (χ1v) is 8.55. The molecule has 2 aromatic rings. The van der Waals surface area contributed by atoms with Gasteiger partial charge in [0.25, 0.3) is 0 Å². The summed E-state index contributed by atoms with van der Waals surface area (Å²) in [5, 5.41) is 13.9. The average molecular weight is 314 g/mol. The zero-order valence-corrected chi connectivity index (χ0v) is 14.0. The number of carbonyl (C=O) groups excluding carboxylic acids is 1. The molecule has 124 valence electrons. The molecule has 0 unspecified atom stereocenters. The third kappa shape index (κ3) is 3.58. The van der Waals surface area contributed by atoms with Gasteiger partial charge in [0.05, 0.1) is 6.10 Å². The summed E-state index contributed by atoms with van der Waals surface area (Å²) >= 11 is 0. The number of fused-ring (bicyclic) bond motifs is 1. The van der Waals surface area contributed by atoms with Crippen LogP contribution in [0.15, 0.2) is 24.4 Å². The zero-order valence-electron chi connectivity index (χ0n) is 14.0. The molecule has 0 bridgehead atoms. The number of amides is 1. The number of aliphatic hydroxyl groups excluding tert-OH is 1. The number of aromatic nitrogens is 1. The largest absolute Gasteiger partial charge is 0.393 e. The highest BCUT2D eigenvalue weighted by atomic mass is 16.3. The minimum atomic E-state index is -0.210. The Labute approximate surface area is 137 Å². The van der Waals surface area contributed by atoms with E-state index in [4.69, 9.17) is 0 Å². The van der Waals surface area contributed by atoms with Crippen molar-refractivity contribution in [1.82, 2.24) is 9.88 Å². The second-order valence-corrected chi connectivity index (χ2v) is 6.83. The van der Waals surface area contributed by atoms with Gasteiger partial charge in [-0.3, -0.25) is 4.79 Å². The van der Waals surface area contributed by atoms with Crippen LogP contribution in [-0.2, 0) is 18.3 Å². The van der Waals surface area contributed by atoms with Gasteiger partial charge in [-0.2, -0.15) is 0 Å². The van der Waals surface area contributed by atoms with E-state index in [9.17, 15) is 9.90 Å². The highest BCUT2D eigenvalue weighted by molar-refractivity contribution is 5.84. The van der Waals surface area contributed by atoms with Crippen LogP contribution < -0.4 is 5.32 Å². The van der Waals surface area contributed by atoms with Crippen LogP contribution in [0.5, 0.6) is 0 Å². The lowest BCUT2D eigenvalue weighted by atomic mass is 9.87. The van der Waals surface area contributed by atoms with Gasteiger partial charge >= 0.3 is 0 Å². The highest BCUT2D eigenvalue weighted by Crippen LogP contribution is 2.25. The fraction of sp³-hybridized carbons (Fsp3) is 0.526. The van der Waals surface area contributed by atoms with E-state index in [0.29, 0.717) is 6.54 Å². The number of hydrogen-bond donors (Lipinski definition) is 2. The van der Waals surface area contributed by atoms with E-state index >= 15 is 0 Å². The smallest absolute Gasteiger partial charge is 0.223 e. The predicted octanol–water partition coefficient (Wildman–Crippen LogP) is 2.70. The van der Waals surface area contributed by atoms with Crippen molar-refractivity contribution >= 4 is 16.8 Å². The van der Waals surface area contributed by atoms with Gasteiger partial charge < -0.3 is 15.0 Å². The molecule has 1 saturated carbocycles. The molecule has 1 fully saturated rings. The van der Waals surface area contributed by atoms with Crippen molar-refractivity contribution in [2.75, 3.05) is 6.54 Å². The highest BCUT2D eigenvalue weighted by Gasteiger charge is 2.24. The van der Waals surface area contributed by atoms with E-state index in [1.807, 2.05) is 0 Å². The molecular formula is C19H26N2O2. The maximum absolute atomic E-state index is 12.2. The third-order valence-corrected chi connectivity index (χ3v) is 4.99. The Morgan fingerprint density at radius 3 is 2.78 bits per heavy atom. The molecule has 1 aromatic heterocycles. The van der Waals surface area contributed by atoms with E-state index in [1.165, 1.54) is 22.0 Å². The first-order valence-electron chi connectivity index (χ1n) is 8.55. The summed E-state index contributed by atoms with van der Waals surface area (Å²) in [4.78, 5) is 12.2. The molecule has 1 aliphatic rings. The number of rotatable bonds is 4. The Kier molecular flexibility index (Phi) is 4.71. The van der Waals surface area contributed by atoms with Crippen molar-refractivity contribution in [1.29, 1.82) is 0 Å². The Morgan fingerprint density at radius 1 is 1.30 bits per heavy atom. The molecule has 23 heavy (non-hydrogen) atoms. The second-order valence-electron chi connectivity index (χ2n) is 6.83. The molecular weight excluding hydrogens is 288 g/mol. The van der Waals surface area contributed by atoms with Crippen LogP contribution in [0.3, 0.4) is 0 Å². The summed E-state index contributed by atoms with van der Waals surface area (Å²) in [6.45, 7) is 2.78. The lowest BCUT2D eigenvalue weighted by Crippen LogP contribution is -2.35. The van der Waals surface area contributed by atoms with Gasteiger partial charge in [0.15, 0.2) is 0 Å². The van der Waals surface area contributed by atoms with Crippen molar-refractivity contribution in [2.24, 2.45) is 13.0 Å². The molecule has 0 saturated heterocycles. The minimum absolute atomic E-state index is 0.0774. The molecule has 0 aliphatic heterocycles. The lowest BCUT2D eigenvalue weighted by molar-refractivity contribution is -0.126. The fourth-order valence-corrected chi connectivity index (χ4v) is 3.58. The van der Waals surface area contributed by atoms with Crippen molar-refractivity contribution in [3.8, 4) is 0 Å². The number of benzene rings is 1. The number of nitrogens with one attached hydrogen (secondary N) is 1. The molecule has 0 radical (unpaired) electrons. The summed E-state index contributed by atoms with van der Waals surface area (Å²) in [6.07, 6.45) is 5.91. The summed E-state index contributed by atoms with van der Waals surface area (Å²) in [5.74, 6) is 0.224. The van der Waals surface area contributed by atoms with Gasteiger partial charge in [-0.25, -0.2) is 0 Å². The van der Waals surface area contributed by atoms with E-state index < -0.39 is 0 Å². The van der Waals surface area contributed by atoms with Crippen LogP contribution in [0.25, 0.3) is 10.9 Å². The van der Waals surface area contributed by atoms with Gasteiger partial charge in [-0.05, 0) is 56.2 Å². The molecule has 1 aliphatic carbocycles. The molecule has 0 atom stereocenters. The second kappa shape index (κ2) is 6.75. The number of nitrogens with zero attached hydrogens (tertiary/aromatic N) is 1. The van der Waals surface area contributed by atoms with Gasteiger partial charge in [0.1, 0.15) is 0 Å². The fourth-order valence-electron chi connectivity index (χ4n) is 3.58. The van der Waals surface area contributed by atoms with Crippen molar-refractivity contribution in [3.63, 3.8) is 0 Å². The number of hydrogen-bond acceptors (Lipinski definition) is 2. The normalized spacial score (nSPS) is 21.5. The zero-order chi connectivity index (χ0) is 16.4. The Bertz CT molecular complexity index is 697. The third-order valence-electron chi connectivity index (χ3n) is 4.99. The number of aliphatic hydroxyl groups is 1. The average Bonchev–Trinajstić information content (AvgIpc) is 2.84. The van der Waals surface area contributed by atoms with Gasteiger partial charge in [-0.15, -0.1) is 0 Å². The topological polar surface area (TPSA) is 54.3 Å². The molecule has 1 heterocycles. The minimum Gasteiger partial charge on any atom is -0.393 e. The van der Waals surface area contributed by atoms with E-state index in [1.54, 1.807) is 0 Å². The Balaban J connectivity index is 1.58. The van der Waals surface area contributed by atoms with Gasteiger partial charge in [0, 0.05) is 36.6 Å². The number of aryl methyl sites for hydroxylation is 2. The summed E-state index contributed by atoms with van der Waals surface area (Å²) in [5.41, 5.74) is 3.78. The van der Waals surface area contributed by atoms with Crippen LogP contribution in [0, 0.1) is 12.8 Å². The lowest BCUT2D eigenvalue weighted by Gasteiger charge is -2.24. The molecule has 1 amide bonds. The quantitative estimate of drug-likeness (QED) is 0.911. The Morgan fingerprint density at radius 2 is 2.04 bits per heavy atom. The SMILES string of the molecule is Cc1ccc2c(CCNC(=O)C3CCC(O)CC3)cn(C)c2c1. The van der Waals surface area contributed by atoms with Crippen LogP contribution in [0.4, 0.5) is 0 Å². The maximum atomic E-state index is 12.2. The predicted molar refractivity (Wildman–Crippen MR) is 92.3 cm³/mol. The van der Waals surface area contributed by atoms with Gasteiger partial charge in [0.2, 0.25) is 5.91 Å². The van der Waals surface area contributed by atoms with E-state index in [-0.39, 0.29) is 17.9 Å². The van der Waals surface area contributed by atoms with Crippen molar-refractivity contribution < 1.29 is 9.90 Å². The first kappa shape index (κ1) is 16.1. The van der Waals surface area contributed by atoms with Crippen molar-refractivity contribution in [3.05, 3.63) is 35.5 Å². The number of carbonyl (C=O) groups is 1. The molecule has 1 aromatic carbocycles. The first-order chi connectivity index (χ1) is 11.0. The molecule has 4 nitrogen and oxygen atoms in total. The maximum Gasteiger partial charge on any atom is 0.223 e. The van der Waals surface area contributed by atoms with Gasteiger partial charge in [-0.1, -0.05) is 12.1 Å².